The van der Waals surface area contributed by atoms with Crippen LogP contribution in [0.25, 0.3) is 0 Å². The fourth-order valence-corrected chi connectivity index (χ4v) is 3.56. The summed E-state index contributed by atoms with van der Waals surface area (Å²) >= 11 is 0. The van der Waals surface area contributed by atoms with Crippen molar-refractivity contribution in [2.24, 2.45) is 11.3 Å². The molecule has 2 rings (SSSR count). The fraction of sp³-hybridized carbons (Fsp3) is 0.588. The van der Waals surface area contributed by atoms with Crippen molar-refractivity contribution in [3.05, 3.63) is 30.1 Å². The molecular weight excluding hydrogens is 269 g/mol. The molecule has 0 saturated heterocycles. The number of esters is 1. The summed E-state index contributed by atoms with van der Waals surface area (Å²) < 4.78 is 19.2. The molecule has 1 aliphatic carbocycles. The smallest absolute Gasteiger partial charge is 0.332 e. The average molecular weight is 293 g/mol. The highest BCUT2D eigenvalue weighted by molar-refractivity contribution is 5.85. The number of hydrogen-bond acceptors (Lipinski definition) is 3. The molecule has 0 aromatic heterocycles. The van der Waals surface area contributed by atoms with Gasteiger partial charge in [-0.15, -0.1) is 0 Å². The van der Waals surface area contributed by atoms with Crippen molar-refractivity contribution in [2.75, 3.05) is 11.9 Å². The maximum Gasteiger partial charge on any atom is 0.332 e. The highest BCUT2D eigenvalue weighted by atomic mass is 19.1. The summed E-state index contributed by atoms with van der Waals surface area (Å²) in [6.07, 6.45) is 1.53. The molecule has 1 N–H and O–H groups in total. The minimum Gasteiger partial charge on any atom is -0.464 e. The summed E-state index contributed by atoms with van der Waals surface area (Å²) in [6.45, 7) is 8.41. The average Bonchev–Trinajstić information content (AvgIpc) is 2.63. The number of anilines is 1. The van der Waals surface area contributed by atoms with Crippen LogP contribution in [0.15, 0.2) is 24.3 Å². The molecule has 21 heavy (non-hydrogen) atoms. The third-order valence-electron chi connectivity index (χ3n) is 4.33. The van der Waals surface area contributed by atoms with Crippen LogP contribution in [0.3, 0.4) is 0 Å². The first kappa shape index (κ1) is 15.8. The molecule has 0 bridgehead atoms. The predicted octanol–water partition coefficient (Wildman–Crippen LogP) is 4.00. The lowest BCUT2D eigenvalue weighted by Gasteiger charge is -2.34. The standard InChI is InChI=1S/C17H24FNO2/c1-5-21-15(20)17(11-16(3,4)10-12(17)2)19-14-9-7-6-8-13(14)18/h6-9,12,19H,5,10-11H2,1-4H3. The van der Waals surface area contributed by atoms with E-state index < -0.39 is 5.54 Å². The van der Waals surface area contributed by atoms with Crippen molar-refractivity contribution in [3.8, 4) is 0 Å². The third kappa shape index (κ3) is 3.04. The molecule has 1 aromatic rings. The van der Waals surface area contributed by atoms with Gasteiger partial charge >= 0.3 is 5.97 Å². The fourth-order valence-electron chi connectivity index (χ4n) is 3.56. The monoisotopic (exact) mass is 293 g/mol. The van der Waals surface area contributed by atoms with Gasteiger partial charge in [-0.3, -0.25) is 0 Å². The Morgan fingerprint density at radius 1 is 1.43 bits per heavy atom. The summed E-state index contributed by atoms with van der Waals surface area (Å²) in [5.74, 6) is -0.560. The number of nitrogens with one attached hydrogen (secondary N) is 1. The van der Waals surface area contributed by atoms with Gasteiger partial charge in [0.1, 0.15) is 11.4 Å². The van der Waals surface area contributed by atoms with Crippen molar-refractivity contribution in [3.63, 3.8) is 0 Å². The second-order valence-electron chi connectivity index (χ2n) is 6.74. The van der Waals surface area contributed by atoms with E-state index in [-0.39, 0.29) is 23.1 Å². The zero-order chi connectivity index (χ0) is 15.7. The molecule has 116 valence electrons. The van der Waals surface area contributed by atoms with Crippen molar-refractivity contribution in [1.82, 2.24) is 0 Å². The summed E-state index contributed by atoms with van der Waals surface area (Å²) in [6, 6.07) is 6.45. The van der Waals surface area contributed by atoms with Crippen LogP contribution in [0, 0.1) is 17.2 Å². The number of ether oxygens (including phenoxy) is 1. The van der Waals surface area contributed by atoms with Crippen LogP contribution in [0.5, 0.6) is 0 Å². The lowest BCUT2D eigenvalue weighted by molar-refractivity contribution is -0.150. The van der Waals surface area contributed by atoms with E-state index >= 15 is 0 Å². The van der Waals surface area contributed by atoms with E-state index in [1.807, 2.05) is 6.92 Å². The van der Waals surface area contributed by atoms with Crippen LogP contribution in [0.2, 0.25) is 0 Å². The van der Waals surface area contributed by atoms with Gasteiger partial charge in [-0.1, -0.05) is 32.9 Å². The first-order chi connectivity index (χ1) is 9.81. The Hall–Kier alpha value is -1.58. The molecule has 0 heterocycles. The van der Waals surface area contributed by atoms with E-state index in [2.05, 4.69) is 19.2 Å². The zero-order valence-corrected chi connectivity index (χ0v) is 13.2. The Bertz CT molecular complexity index is 529. The molecule has 2 atom stereocenters. The van der Waals surface area contributed by atoms with Crippen LogP contribution in [0.1, 0.15) is 40.5 Å². The van der Waals surface area contributed by atoms with E-state index in [9.17, 15) is 9.18 Å². The number of hydrogen-bond donors (Lipinski definition) is 1. The van der Waals surface area contributed by atoms with Gasteiger partial charge < -0.3 is 10.1 Å². The second-order valence-corrected chi connectivity index (χ2v) is 6.74. The van der Waals surface area contributed by atoms with E-state index in [0.717, 1.165) is 6.42 Å². The number of benzene rings is 1. The van der Waals surface area contributed by atoms with E-state index in [1.54, 1.807) is 25.1 Å². The third-order valence-corrected chi connectivity index (χ3v) is 4.33. The molecule has 1 saturated carbocycles. The Kier molecular flexibility index (Phi) is 4.26. The normalized spacial score (nSPS) is 27.4. The first-order valence-corrected chi connectivity index (χ1v) is 7.51. The van der Waals surface area contributed by atoms with Gasteiger partial charge in [0.05, 0.1) is 12.3 Å². The number of rotatable bonds is 4. The Labute approximate surface area is 125 Å². The minimum absolute atomic E-state index is 0.0183. The molecule has 0 radical (unpaired) electrons. The number of para-hydroxylation sites is 1. The molecule has 1 aromatic carbocycles. The van der Waals surface area contributed by atoms with Crippen molar-refractivity contribution in [2.45, 2.75) is 46.1 Å². The van der Waals surface area contributed by atoms with E-state index in [0.29, 0.717) is 18.7 Å². The summed E-state index contributed by atoms with van der Waals surface area (Å²) in [5, 5.41) is 3.16. The van der Waals surface area contributed by atoms with Crippen LogP contribution in [-0.2, 0) is 9.53 Å². The molecule has 2 unspecified atom stereocenters. The summed E-state index contributed by atoms with van der Waals surface area (Å²) in [5.41, 5.74) is -0.485. The first-order valence-electron chi connectivity index (χ1n) is 7.51. The largest absolute Gasteiger partial charge is 0.464 e. The molecule has 0 aliphatic heterocycles. The lowest BCUT2D eigenvalue weighted by Crippen LogP contribution is -2.50. The van der Waals surface area contributed by atoms with Crippen LogP contribution in [0.4, 0.5) is 10.1 Å². The van der Waals surface area contributed by atoms with Gasteiger partial charge in [-0.25, -0.2) is 9.18 Å². The van der Waals surface area contributed by atoms with Crippen LogP contribution in [-0.4, -0.2) is 18.1 Å². The Morgan fingerprint density at radius 3 is 2.62 bits per heavy atom. The SMILES string of the molecule is CCOC(=O)C1(Nc2ccccc2F)CC(C)(C)CC1C. The molecule has 1 fully saturated rings. The summed E-state index contributed by atoms with van der Waals surface area (Å²) in [4.78, 5) is 12.6. The number of halogens is 1. The van der Waals surface area contributed by atoms with E-state index in [1.165, 1.54) is 6.07 Å². The quantitative estimate of drug-likeness (QED) is 0.853. The minimum atomic E-state index is -0.859. The number of carbonyl (C=O) groups excluding carboxylic acids is 1. The summed E-state index contributed by atoms with van der Waals surface area (Å²) in [7, 11) is 0. The maximum atomic E-state index is 14.0. The molecule has 1 aliphatic rings. The zero-order valence-electron chi connectivity index (χ0n) is 13.2. The van der Waals surface area contributed by atoms with Gasteiger partial charge in [0.2, 0.25) is 0 Å². The molecule has 3 nitrogen and oxygen atoms in total. The van der Waals surface area contributed by atoms with Crippen LogP contribution < -0.4 is 5.32 Å². The highest BCUT2D eigenvalue weighted by Crippen LogP contribution is 2.49. The molecule has 0 spiro atoms. The van der Waals surface area contributed by atoms with Crippen LogP contribution >= 0.6 is 0 Å². The topological polar surface area (TPSA) is 38.3 Å². The van der Waals surface area contributed by atoms with Gasteiger partial charge in [0.25, 0.3) is 0 Å². The lowest BCUT2D eigenvalue weighted by atomic mass is 9.86. The van der Waals surface area contributed by atoms with Gasteiger partial charge in [-0.2, -0.15) is 0 Å². The Balaban J connectivity index is 2.38. The van der Waals surface area contributed by atoms with Crippen molar-refractivity contribution >= 4 is 11.7 Å². The maximum absolute atomic E-state index is 14.0. The van der Waals surface area contributed by atoms with Crippen molar-refractivity contribution in [1.29, 1.82) is 0 Å². The number of carbonyl (C=O) groups is 1. The van der Waals surface area contributed by atoms with E-state index in [4.69, 9.17) is 4.74 Å². The van der Waals surface area contributed by atoms with Crippen molar-refractivity contribution < 1.29 is 13.9 Å². The van der Waals surface area contributed by atoms with Gasteiger partial charge in [-0.05, 0) is 43.2 Å². The Morgan fingerprint density at radius 2 is 2.10 bits per heavy atom. The highest BCUT2D eigenvalue weighted by Gasteiger charge is 2.54. The molecule has 0 amide bonds. The molecular formula is C17H24FNO2. The van der Waals surface area contributed by atoms with Gasteiger partial charge in [0, 0.05) is 0 Å². The second kappa shape index (κ2) is 5.66. The van der Waals surface area contributed by atoms with Gasteiger partial charge in [0.15, 0.2) is 0 Å². The molecule has 4 heteroatoms. The predicted molar refractivity (Wildman–Crippen MR) is 81.6 cm³/mol.